The molecule has 0 fully saturated rings. The Morgan fingerprint density at radius 3 is 2.55 bits per heavy atom. The van der Waals surface area contributed by atoms with Crippen molar-refractivity contribution in [3.05, 3.63) is 86.8 Å². The minimum atomic E-state index is -4.58. The number of halogens is 5. The Morgan fingerprint density at radius 2 is 1.84 bits per heavy atom. The van der Waals surface area contributed by atoms with E-state index in [2.05, 4.69) is 9.97 Å². The molecule has 3 aromatic rings. The molecule has 1 amide bonds. The first-order chi connectivity index (χ1) is 14.6. The van der Waals surface area contributed by atoms with Crippen LogP contribution in [0.25, 0.3) is 11.4 Å². The number of carbonyl (C=O) groups is 1. The minimum Gasteiger partial charge on any atom is -0.334 e. The maximum absolute atomic E-state index is 13.5. The highest BCUT2D eigenvalue weighted by Gasteiger charge is 2.32. The first-order valence-corrected chi connectivity index (χ1v) is 9.17. The third kappa shape index (κ3) is 4.05. The molecule has 1 aliphatic rings. The number of H-pyrrole nitrogens is 1. The number of nitrogens with zero attached hydrogens (tertiary/aromatic N) is 2. The molecule has 1 aromatic heterocycles. The largest absolute Gasteiger partial charge is 0.416 e. The molecule has 0 bridgehead atoms. The topological polar surface area (TPSA) is 66.1 Å². The number of fused-ring (bicyclic) bond motifs is 1. The van der Waals surface area contributed by atoms with Crippen LogP contribution in [0.3, 0.4) is 0 Å². The fraction of sp³-hybridized carbons (Fsp3) is 0.190. The lowest BCUT2D eigenvalue weighted by Gasteiger charge is -2.28. The van der Waals surface area contributed by atoms with Crippen molar-refractivity contribution >= 4 is 5.91 Å². The van der Waals surface area contributed by atoms with Crippen LogP contribution < -0.4 is 5.56 Å². The average Bonchev–Trinajstić information content (AvgIpc) is 2.74. The summed E-state index contributed by atoms with van der Waals surface area (Å²) in [6.07, 6.45) is -4.40. The van der Waals surface area contributed by atoms with Crippen molar-refractivity contribution in [2.24, 2.45) is 0 Å². The molecule has 10 heteroatoms. The van der Waals surface area contributed by atoms with Gasteiger partial charge in [0.05, 0.1) is 23.4 Å². The maximum atomic E-state index is 13.5. The van der Waals surface area contributed by atoms with Crippen LogP contribution in [-0.2, 0) is 19.1 Å². The molecular formula is C21H14F5N3O2. The van der Waals surface area contributed by atoms with Gasteiger partial charge in [-0.3, -0.25) is 9.59 Å². The Hall–Kier alpha value is -3.56. The van der Waals surface area contributed by atoms with Crippen LogP contribution in [0.4, 0.5) is 22.0 Å². The summed E-state index contributed by atoms with van der Waals surface area (Å²) in [7, 11) is 0. The molecule has 160 valence electrons. The number of alkyl halides is 3. The van der Waals surface area contributed by atoms with Crippen molar-refractivity contribution in [2.45, 2.75) is 19.1 Å². The van der Waals surface area contributed by atoms with Crippen molar-refractivity contribution in [3.8, 4) is 11.4 Å². The van der Waals surface area contributed by atoms with E-state index in [1.54, 1.807) is 0 Å². The standard InChI is InChI=1S/C21H14F5N3O2/c22-15-5-4-11(9-16(15)23)18-27-17-6-7-29(10-14(17)19(30)28-18)20(31)12-2-1-3-13(8-12)21(24,25)26/h1-5,8-9H,6-7,10H2,(H,27,28,30). The van der Waals surface area contributed by atoms with Crippen LogP contribution in [-0.4, -0.2) is 27.3 Å². The summed E-state index contributed by atoms with van der Waals surface area (Å²) in [5.74, 6) is -2.70. The predicted molar refractivity (Wildman–Crippen MR) is 100 cm³/mol. The van der Waals surface area contributed by atoms with E-state index in [9.17, 15) is 31.5 Å². The van der Waals surface area contributed by atoms with Gasteiger partial charge in [-0.25, -0.2) is 13.8 Å². The Bertz CT molecular complexity index is 1240. The van der Waals surface area contributed by atoms with E-state index in [0.29, 0.717) is 5.69 Å². The number of nitrogens with one attached hydrogen (secondary N) is 1. The molecule has 0 saturated heterocycles. The Morgan fingerprint density at radius 1 is 1.06 bits per heavy atom. The number of amides is 1. The second kappa shape index (κ2) is 7.60. The van der Waals surface area contributed by atoms with Crippen molar-refractivity contribution in [1.29, 1.82) is 0 Å². The number of hydrogen-bond donors (Lipinski definition) is 1. The molecule has 0 aliphatic carbocycles. The van der Waals surface area contributed by atoms with Gasteiger partial charge >= 0.3 is 6.18 Å². The smallest absolute Gasteiger partial charge is 0.334 e. The molecule has 1 N–H and O–H groups in total. The van der Waals surface area contributed by atoms with Gasteiger partial charge in [0.25, 0.3) is 11.5 Å². The Kier molecular flexibility index (Phi) is 5.08. The number of hydrogen-bond acceptors (Lipinski definition) is 3. The second-order valence-electron chi connectivity index (χ2n) is 7.02. The molecule has 0 saturated carbocycles. The molecule has 0 unspecified atom stereocenters. The van der Waals surface area contributed by atoms with E-state index in [4.69, 9.17) is 0 Å². The molecule has 1 aliphatic heterocycles. The zero-order valence-electron chi connectivity index (χ0n) is 15.8. The third-order valence-corrected chi connectivity index (χ3v) is 4.99. The summed E-state index contributed by atoms with van der Waals surface area (Å²) in [5, 5.41) is 0. The van der Waals surface area contributed by atoms with Crippen LogP contribution in [0.15, 0.2) is 47.3 Å². The highest BCUT2D eigenvalue weighted by Crippen LogP contribution is 2.30. The summed E-state index contributed by atoms with van der Waals surface area (Å²) >= 11 is 0. The van der Waals surface area contributed by atoms with E-state index in [-0.39, 0.29) is 42.0 Å². The molecule has 31 heavy (non-hydrogen) atoms. The van der Waals surface area contributed by atoms with Crippen molar-refractivity contribution in [2.75, 3.05) is 6.54 Å². The Labute approximate surface area is 172 Å². The van der Waals surface area contributed by atoms with E-state index < -0.39 is 34.8 Å². The minimum absolute atomic E-state index is 0.0558. The fourth-order valence-corrected chi connectivity index (χ4v) is 3.39. The summed E-state index contributed by atoms with van der Waals surface area (Å²) < 4.78 is 65.4. The summed E-state index contributed by atoms with van der Waals surface area (Å²) in [4.78, 5) is 33.3. The number of aromatic amines is 1. The summed E-state index contributed by atoms with van der Waals surface area (Å²) in [6, 6.07) is 7.17. The van der Waals surface area contributed by atoms with Crippen LogP contribution in [0.5, 0.6) is 0 Å². The lowest BCUT2D eigenvalue weighted by Crippen LogP contribution is -2.39. The van der Waals surface area contributed by atoms with Gasteiger partial charge in [-0.2, -0.15) is 13.2 Å². The number of carbonyl (C=O) groups excluding carboxylic acids is 1. The number of rotatable bonds is 2. The van der Waals surface area contributed by atoms with Crippen LogP contribution in [0.1, 0.15) is 27.2 Å². The summed E-state index contributed by atoms with van der Waals surface area (Å²) in [5.41, 5.74) is -0.880. The van der Waals surface area contributed by atoms with Crippen molar-refractivity contribution in [3.63, 3.8) is 0 Å². The highest BCUT2D eigenvalue weighted by molar-refractivity contribution is 5.94. The maximum Gasteiger partial charge on any atom is 0.416 e. The van der Waals surface area contributed by atoms with Gasteiger partial charge in [0.1, 0.15) is 5.82 Å². The normalized spacial score (nSPS) is 13.8. The van der Waals surface area contributed by atoms with Gasteiger partial charge < -0.3 is 9.88 Å². The van der Waals surface area contributed by atoms with Crippen molar-refractivity contribution < 1.29 is 26.7 Å². The summed E-state index contributed by atoms with van der Waals surface area (Å²) in [6.45, 7) is 0.000551. The first kappa shape index (κ1) is 20.7. The lowest BCUT2D eigenvalue weighted by molar-refractivity contribution is -0.137. The SMILES string of the molecule is O=C(c1cccc(C(F)(F)F)c1)N1CCc2nc(-c3ccc(F)c(F)c3)[nH]c(=O)c2C1. The third-order valence-electron chi connectivity index (χ3n) is 4.99. The zero-order valence-corrected chi connectivity index (χ0v) is 15.8. The molecule has 4 rings (SSSR count). The molecule has 2 heterocycles. The number of benzene rings is 2. The van der Waals surface area contributed by atoms with E-state index in [1.165, 1.54) is 17.0 Å². The van der Waals surface area contributed by atoms with E-state index >= 15 is 0 Å². The average molecular weight is 435 g/mol. The van der Waals surface area contributed by atoms with Crippen LogP contribution in [0.2, 0.25) is 0 Å². The van der Waals surface area contributed by atoms with Crippen LogP contribution >= 0.6 is 0 Å². The van der Waals surface area contributed by atoms with Gasteiger partial charge in [-0.15, -0.1) is 0 Å². The quantitative estimate of drug-likeness (QED) is 0.621. The Balaban J connectivity index is 1.61. The van der Waals surface area contributed by atoms with Crippen LogP contribution in [0, 0.1) is 11.6 Å². The van der Waals surface area contributed by atoms with Crippen molar-refractivity contribution in [1.82, 2.24) is 14.9 Å². The van der Waals surface area contributed by atoms with Gasteiger partial charge in [0.15, 0.2) is 11.6 Å². The van der Waals surface area contributed by atoms with E-state index in [0.717, 1.165) is 30.3 Å². The predicted octanol–water partition coefficient (Wildman–Crippen LogP) is 3.93. The van der Waals surface area contributed by atoms with Gasteiger partial charge in [-0.1, -0.05) is 6.07 Å². The molecule has 2 aromatic carbocycles. The molecular weight excluding hydrogens is 421 g/mol. The highest BCUT2D eigenvalue weighted by atomic mass is 19.4. The number of aromatic nitrogens is 2. The zero-order chi connectivity index (χ0) is 22.3. The van der Waals surface area contributed by atoms with Gasteiger partial charge in [0.2, 0.25) is 0 Å². The van der Waals surface area contributed by atoms with Gasteiger partial charge in [0, 0.05) is 24.1 Å². The molecule has 0 atom stereocenters. The van der Waals surface area contributed by atoms with Gasteiger partial charge in [-0.05, 0) is 36.4 Å². The molecule has 5 nitrogen and oxygen atoms in total. The molecule has 0 spiro atoms. The fourth-order valence-electron chi connectivity index (χ4n) is 3.39. The first-order valence-electron chi connectivity index (χ1n) is 9.17. The second-order valence-corrected chi connectivity index (χ2v) is 7.02. The van der Waals surface area contributed by atoms with E-state index in [1.807, 2.05) is 0 Å². The lowest BCUT2D eigenvalue weighted by atomic mass is 10.0. The monoisotopic (exact) mass is 435 g/mol. The molecule has 0 radical (unpaired) electrons.